The minimum atomic E-state index is -0.948. The van der Waals surface area contributed by atoms with E-state index in [4.69, 9.17) is 11.6 Å². The molecule has 0 aliphatic heterocycles. The first-order chi connectivity index (χ1) is 10.1. The van der Waals surface area contributed by atoms with Gasteiger partial charge in [-0.05, 0) is 43.4 Å². The van der Waals surface area contributed by atoms with Gasteiger partial charge in [0.2, 0.25) is 0 Å². The number of H-pyrrole nitrogens is 1. The van der Waals surface area contributed by atoms with Gasteiger partial charge < -0.3 is 5.11 Å². The molecule has 3 rings (SSSR count). The maximum Gasteiger partial charge on any atom is 0.356 e. The Labute approximate surface area is 128 Å². The minimum Gasteiger partial charge on any atom is -0.476 e. The Kier molecular flexibility index (Phi) is 3.97. The number of carboxylic acids is 1. The van der Waals surface area contributed by atoms with Crippen LogP contribution >= 0.6 is 11.6 Å². The summed E-state index contributed by atoms with van der Waals surface area (Å²) in [5, 5.41) is 16.9. The molecular weight excluding hydrogens is 288 g/mol. The van der Waals surface area contributed by atoms with Crippen molar-refractivity contribution in [2.75, 3.05) is 0 Å². The van der Waals surface area contributed by atoms with Gasteiger partial charge in [-0.25, -0.2) is 4.79 Å². The quantitative estimate of drug-likeness (QED) is 0.847. The van der Waals surface area contributed by atoms with Crippen molar-refractivity contribution in [3.05, 3.63) is 51.8 Å². The highest BCUT2D eigenvalue weighted by atomic mass is 35.5. The van der Waals surface area contributed by atoms with Crippen LogP contribution in [0.15, 0.2) is 24.3 Å². The van der Waals surface area contributed by atoms with Crippen LogP contribution in [0.4, 0.5) is 0 Å². The topological polar surface area (TPSA) is 66.0 Å². The lowest BCUT2D eigenvalue weighted by Gasteiger charge is -2.14. The van der Waals surface area contributed by atoms with Crippen molar-refractivity contribution in [1.82, 2.24) is 10.2 Å². The Hall–Kier alpha value is -1.81. The Morgan fingerprint density at radius 1 is 1.43 bits per heavy atom. The number of rotatable bonds is 3. The number of hydrogen-bond donors (Lipinski definition) is 2. The Morgan fingerprint density at radius 2 is 2.29 bits per heavy atom. The highest BCUT2D eigenvalue weighted by Crippen LogP contribution is 2.33. The summed E-state index contributed by atoms with van der Waals surface area (Å²) in [7, 11) is 0. The van der Waals surface area contributed by atoms with Crippen LogP contribution in [0.25, 0.3) is 0 Å². The monoisotopic (exact) mass is 304 g/mol. The average Bonchev–Trinajstić information content (AvgIpc) is 2.77. The van der Waals surface area contributed by atoms with E-state index in [1.807, 2.05) is 18.2 Å². The molecule has 0 bridgehead atoms. The van der Waals surface area contributed by atoms with E-state index in [0.29, 0.717) is 0 Å². The number of nitrogens with zero attached hydrogens (tertiary/aromatic N) is 1. The Balaban J connectivity index is 1.92. The van der Waals surface area contributed by atoms with Gasteiger partial charge in [0.1, 0.15) is 0 Å². The molecule has 1 aliphatic rings. The lowest BCUT2D eigenvalue weighted by Crippen LogP contribution is -2.05. The lowest BCUT2D eigenvalue weighted by molar-refractivity contribution is 0.0689. The van der Waals surface area contributed by atoms with E-state index in [2.05, 4.69) is 16.3 Å². The van der Waals surface area contributed by atoms with Gasteiger partial charge in [0.15, 0.2) is 5.69 Å². The zero-order valence-electron chi connectivity index (χ0n) is 11.6. The van der Waals surface area contributed by atoms with E-state index < -0.39 is 5.97 Å². The number of nitrogens with one attached hydrogen (secondary N) is 1. The molecule has 0 amide bonds. The van der Waals surface area contributed by atoms with E-state index in [-0.39, 0.29) is 11.6 Å². The molecule has 1 aromatic heterocycles. The van der Waals surface area contributed by atoms with E-state index in [9.17, 15) is 9.90 Å². The SMILES string of the molecule is O=C(O)c1n[nH]c2c1CCCC[C@@H]2Cc1cccc(Cl)c1. The van der Waals surface area contributed by atoms with Crippen molar-refractivity contribution >= 4 is 17.6 Å². The van der Waals surface area contributed by atoms with Crippen LogP contribution < -0.4 is 0 Å². The smallest absolute Gasteiger partial charge is 0.356 e. The van der Waals surface area contributed by atoms with Gasteiger partial charge in [0, 0.05) is 22.2 Å². The summed E-state index contributed by atoms with van der Waals surface area (Å²) in [4.78, 5) is 11.3. The lowest BCUT2D eigenvalue weighted by atomic mass is 9.91. The second-order valence-electron chi connectivity index (χ2n) is 5.55. The highest BCUT2D eigenvalue weighted by molar-refractivity contribution is 6.30. The molecule has 1 aliphatic carbocycles. The number of hydrogen-bond acceptors (Lipinski definition) is 2. The third kappa shape index (κ3) is 2.95. The molecule has 5 heteroatoms. The third-order valence-electron chi connectivity index (χ3n) is 4.11. The predicted molar refractivity (Wildman–Crippen MR) is 81.0 cm³/mol. The van der Waals surface area contributed by atoms with Gasteiger partial charge >= 0.3 is 5.97 Å². The van der Waals surface area contributed by atoms with Crippen molar-refractivity contribution in [3.8, 4) is 0 Å². The van der Waals surface area contributed by atoms with Gasteiger partial charge in [-0.3, -0.25) is 5.10 Å². The molecule has 2 aromatic rings. The van der Waals surface area contributed by atoms with Crippen LogP contribution in [-0.4, -0.2) is 21.3 Å². The van der Waals surface area contributed by atoms with Crippen LogP contribution in [-0.2, 0) is 12.8 Å². The van der Waals surface area contributed by atoms with Crippen LogP contribution in [0.1, 0.15) is 52.5 Å². The van der Waals surface area contributed by atoms with E-state index in [0.717, 1.165) is 48.4 Å². The number of carboxylic acid groups (broad SMARTS) is 1. The maximum absolute atomic E-state index is 11.3. The normalized spacial score (nSPS) is 18.0. The summed E-state index contributed by atoms with van der Waals surface area (Å²) in [5.41, 5.74) is 3.23. The summed E-state index contributed by atoms with van der Waals surface area (Å²) >= 11 is 6.04. The molecule has 0 saturated heterocycles. The van der Waals surface area contributed by atoms with E-state index >= 15 is 0 Å². The average molecular weight is 305 g/mol. The second kappa shape index (κ2) is 5.90. The number of fused-ring (bicyclic) bond motifs is 1. The Morgan fingerprint density at radius 3 is 3.05 bits per heavy atom. The standard InChI is InChI=1S/C16H17ClN2O2/c17-12-6-3-4-10(9-12)8-11-5-1-2-7-13-14(11)18-19-15(13)16(20)21/h3-4,6,9,11H,1-2,5,7-8H2,(H,18,19)(H,20,21)/t11-/m1/s1. The molecule has 1 atom stereocenters. The number of carbonyl (C=O) groups is 1. The van der Waals surface area contributed by atoms with E-state index in [1.165, 1.54) is 5.56 Å². The molecular formula is C16H17ClN2O2. The summed E-state index contributed by atoms with van der Waals surface area (Å²) in [5.74, 6) is -0.669. The molecule has 0 radical (unpaired) electrons. The first-order valence-corrected chi connectivity index (χ1v) is 7.58. The van der Waals surface area contributed by atoms with Crippen molar-refractivity contribution in [2.24, 2.45) is 0 Å². The van der Waals surface area contributed by atoms with Crippen LogP contribution in [0.3, 0.4) is 0 Å². The summed E-state index contributed by atoms with van der Waals surface area (Å²) in [6, 6.07) is 7.85. The molecule has 110 valence electrons. The number of halogens is 1. The summed E-state index contributed by atoms with van der Waals surface area (Å²) < 4.78 is 0. The summed E-state index contributed by atoms with van der Waals surface area (Å²) in [6.07, 6.45) is 4.81. The van der Waals surface area contributed by atoms with Crippen molar-refractivity contribution in [3.63, 3.8) is 0 Å². The highest BCUT2D eigenvalue weighted by Gasteiger charge is 2.26. The maximum atomic E-state index is 11.3. The first-order valence-electron chi connectivity index (χ1n) is 7.20. The number of aromatic amines is 1. The van der Waals surface area contributed by atoms with Crippen molar-refractivity contribution in [2.45, 2.75) is 38.0 Å². The van der Waals surface area contributed by atoms with E-state index in [1.54, 1.807) is 0 Å². The minimum absolute atomic E-state index is 0.183. The van der Waals surface area contributed by atoms with Crippen molar-refractivity contribution < 1.29 is 9.90 Å². The van der Waals surface area contributed by atoms with Gasteiger partial charge in [-0.15, -0.1) is 0 Å². The third-order valence-corrected chi connectivity index (χ3v) is 4.35. The molecule has 0 unspecified atom stereocenters. The van der Waals surface area contributed by atoms with Crippen molar-refractivity contribution in [1.29, 1.82) is 0 Å². The molecule has 21 heavy (non-hydrogen) atoms. The molecule has 1 heterocycles. The van der Waals surface area contributed by atoms with Crippen LogP contribution in [0, 0.1) is 0 Å². The molecule has 0 spiro atoms. The van der Waals surface area contributed by atoms with Gasteiger partial charge in [0.05, 0.1) is 0 Å². The molecule has 0 saturated carbocycles. The zero-order valence-corrected chi connectivity index (χ0v) is 12.4. The number of aromatic carboxylic acids is 1. The van der Waals surface area contributed by atoms with Gasteiger partial charge in [0.25, 0.3) is 0 Å². The van der Waals surface area contributed by atoms with Crippen LogP contribution in [0.5, 0.6) is 0 Å². The largest absolute Gasteiger partial charge is 0.476 e. The summed E-state index contributed by atoms with van der Waals surface area (Å²) in [6.45, 7) is 0. The second-order valence-corrected chi connectivity index (χ2v) is 5.98. The number of aromatic nitrogens is 2. The Bertz CT molecular complexity index is 666. The molecule has 0 fully saturated rings. The zero-order chi connectivity index (χ0) is 14.8. The molecule has 1 aromatic carbocycles. The first kappa shape index (κ1) is 14.1. The fourth-order valence-electron chi connectivity index (χ4n) is 3.14. The van der Waals surface area contributed by atoms with Crippen LogP contribution in [0.2, 0.25) is 5.02 Å². The van der Waals surface area contributed by atoms with Gasteiger partial charge in [-0.1, -0.05) is 30.2 Å². The molecule has 4 nitrogen and oxygen atoms in total. The number of benzene rings is 1. The van der Waals surface area contributed by atoms with Gasteiger partial charge in [-0.2, -0.15) is 5.10 Å². The molecule has 2 N–H and O–H groups in total. The predicted octanol–water partition coefficient (Wildman–Crippen LogP) is 3.81. The fourth-order valence-corrected chi connectivity index (χ4v) is 3.35. The fraction of sp³-hybridized carbons (Fsp3) is 0.375.